The zero-order valence-corrected chi connectivity index (χ0v) is 19.3. The molecular weight excluding hydrogens is 456 g/mol. The minimum absolute atomic E-state index is 0.138. The Hall–Kier alpha value is -2.89. The number of sulfonamides is 1. The molecule has 162 valence electrons. The largest absolute Gasteiger partial charge is 0.497 e. The summed E-state index contributed by atoms with van der Waals surface area (Å²) in [6.45, 7) is 3.65. The average Bonchev–Trinajstić information content (AvgIpc) is 3.24. The summed E-state index contributed by atoms with van der Waals surface area (Å²) in [6, 6.07) is 12.4. The fraction of sp³-hybridized carbons (Fsp3) is 0.150. The van der Waals surface area contributed by atoms with E-state index in [2.05, 4.69) is 22.1 Å². The number of hydrogen-bond acceptors (Lipinski definition) is 8. The maximum absolute atomic E-state index is 12.9. The Balaban J connectivity index is 1.70. The van der Waals surface area contributed by atoms with Gasteiger partial charge >= 0.3 is 0 Å². The number of thioether (sulfide) groups is 1. The summed E-state index contributed by atoms with van der Waals surface area (Å²) in [4.78, 5) is 12.6. The lowest BCUT2D eigenvalue weighted by Gasteiger charge is -2.20. The second kappa shape index (κ2) is 9.94. The van der Waals surface area contributed by atoms with E-state index >= 15 is 0 Å². The van der Waals surface area contributed by atoms with Gasteiger partial charge in [-0.15, -0.1) is 16.8 Å². The van der Waals surface area contributed by atoms with Crippen LogP contribution in [0.1, 0.15) is 10.4 Å². The highest BCUT2D eigenvalue weighted by Crippen LogP contribution is 2.27. The zero-order chi connectivity index (χ0) is 22.4. The topological polar surface area (TPSA) is 101 Å². The average molecular weight is 477 g/mol. The van der Waals surface area contributed by atoms with E-state index in [9.17, 15) is 13.2 Å². The molecule has 0 bridgehead atoms. The van der Waals surface area contributed by atoms with E-state index in [1.54, 1.807) is 42.5 Å². The predicted molar refractivity (Wildman–Crippen MR) is 124 cm³/mol. The molecule has 8 nitrogen and oxygen atoms in total. The van der Waals surface area contributed by atoms with Gasteiger partial charge in [0.05, 0.1) is 17.7 Å². The number of anilines is 2. The van der Waals surface area contributed by atoms with Crippen LogP contribution in [0.2, 0.25) is 0 Å². The number of carbonyl (C=O) groups excluding carboxylic acids is 1. The third-order valence-electron chi connectivity index (χ3n) is 4.16. The van der Waals surface area contributed by atoms with Gasteiger partial charge in [-0.05, 0) is 48.5 Å². The van der Waals surface area contributed by atoms with Gasteiger partial charge in [0.25, 0.3) is 15.9 Å². The van der Waals surface area contributed by atoms with Gasteiger partial charge in [0.2, 0.25) is 5.13 Å². The summed E-state index contributed by atoms with van der Waals surface area (Å²) < 4.78 is 32.7. The Morgan fingerprint density at radius 2 is 1.87 bits per heavy atom. The normalized spacial score (nSPS) is 11.0. The maximum atomic E-state index is 12.9. The molecule has 0 radical (unpaired) electrons. The van der Waals surface area contributed by atoms with Gasteiger partial charge in [0, 0.05) is 18.4 Å². The summed E-state index contributed by atoms with van der Waals surface area (Å²) >= 11 is 2.75. The van der Waals surface area contributed by atoms with Gasteiger partial charge in [-0.25, -0.2) is 8.42 Å². The van der Waals surface area contributed by atoms with Gasteiger partial charge in [-0.1, -0.05) is 29.2 Å². The number of ether oxygens (including phenoxy) is 1. The van der Waals surface area contributed by atoms with Crippen molar-refractivity contribution in [2.75, 3.05) is 29.5 Å². The molecule has 3 rings (SSSR count). The summed E-state index contributed by atoms with van der Waals surface area (Å²) in [5, 5.41) is 11.0. The van der Waals surface area contributed by atoms with E-state index in [0.29, 0.717) is 27.9 Å². The molecule has 0 atom stereocenters. The molecule has 0 fully saturated rings. The minimum atomic E-state index is -3.75. The lowest BCUT2D eigenvalue weighted by atomic mass is 10.2. The van der Waals surface area contributed by atoms with Gasteiger partial charge in [0.15, 0.2) is 4.34 Å². The van der Waals surface area contributed by atoms with Crippen LogP contribution in [0.5, 0.6) is 5.75 Å². The quantitative estimate of drug-likeness (QED) is 0.284. The summed E-state index contributed by atoms with van der Waals surface area (Å²) in [6.07, 6.45) is 1.76. The van der Waals surface area contributed by atoms with Gasteiger partial charge in [-0.2, -0.15) is 0 Å². The molecule has 31 heavy (non-hydrogen) atoms. The first-order chi connectivity index (χ1) is 14.8. The second-order valence-corrected chi connectivity index (χ2v) is 10.3. The molecule has 0 saturated heterocycles. The van der Waals surface area contributed by atoms with E-state index in [4.69, 9.17) is 4.74 Å². The fourth-order valence-corrected chi connectivity index (χ4v) is 5.19. The van der Waals surface area contributed by atoms with E-state index in [0.717, 1.165) is 8.64 Å². The van der Waals surface area contributed by atoms with Crippen LogP contribution in [-0.2, 0) is 10.0 Å². The van der Waals surface area contributed by atoms with Crippen molar-refractivity contribution in [1.29, 1.82) is 0 Å². The van der Waals surface area contributed by atoms with E-state index in [1.807, 2.05) is 0 Å². The monoisotopic (exact) mass is 476 g/mol. The molecule has 1 heterocycles. The Kier molecular flexibility index (Phi) is 7.31. The maximum Gasteiger partial charge on any atom is 0.264 e. The van der Waals surface area contributed by atoms with E-state index < -0.39 is 10.0 Å². The number of hydrogen-bond donors (Lipinski definition) is 1. The Morgan fingerprint density at radius 3 is 2.48 bits per heavy atom. The highest BCUT2D eigenvalue weighted by atomic mass is 32.2. The number of amides is 1. The standard InChI is InChI=1S/C20H20N4O4S3/c1-4-13-29-20-23-22-19(30-20)21-18(25)14-5-7-15(8-6-14)24(2)31(26,27)17-11-9-16(28-3)10-12-17/h4-12H,1,13H2,2-3H3,(H,21,22,25). The van der Waals surface area contributed by atoms with Crippen molar-refractivity contribution in [1.82, 2.24) is 10.2 Å². The number of nitrogens with zero attached hydrogens (tertiary/aromatic N) is 3. The SMILES string of the molecule is C=CCSc1nnc(NC(=O)c2ccc(N(C)S(=O)(=O)c3ccc(OC)cc3)cc2)s1. The van der Waals surface area contributed by atoms with Crippen LogP contribution in [-0.4, -0.2) is 44.4 Å². The molecule has 1 amide bonds. The fourth-order valence-electron chi connectivity index (χ4n) is 2.49. The van der Waals surface area contributed by atoms with Crippen molar-refractivity contribution in [3.05, 3.63) is 66.7 Å². The molecule has 0 unspecified atom stereocenters. The molecule has 11 heteroatoms. The van der Waals surface area contributed by atoms with Gasteiger partial charge < -0.3 is 4.74 Å². The summed E-state index contributed by atoms with van der Waals surface area (Å²) in [7, 11) is -0.783. The first kappa shape index (κ1) is 22.8. The minimum Gasteiger partial charge on any atom is -0.497 e. The molecule has 0 aliphatic rings. The van der Waals surface area contributed by atoms with E-state index in [-0.39, 0.29) is 10.8 Å². The van der Waals surface area contributed by atoms with E-state index in [1.165, 1.54) is 49.4 Å². The Morgan fingerprint density at radius 1 is 1.19 bits per heavy atom. The Labute approximate surface area is 189 Å². The molecule has 0 aliphatic heterocycles. The van der Waals surface area contributed by atoms with Crippen LogP contribution < -0.4 is 14.4 Å². The molecule has 1 aromatic heterocycles. The number of carbonyl (C=O) groups is 1. The van der Waals surface area contributed by atoms with Gasteiger partial charge in [-0.3, -0.25) is 14.4 Å². The smallest absolute Gasteiger partial charge is 0.264 e. The first-order valence-corrected chi connectivity index (χ1v) is 12.2. The van der Waals surface area contributed by atoms with Crippen molar-refractivity contribution in [2.24, 2.45) is 0 Å². The van der Waals surface area contributed by atoms with Crippen molar-refractivity contribution < 1.29 is 17.9 Å². The van der Waals surface area contributed by atoms with Crippen LogP contribution in [0, 0.1) is 0 Å². The third-order valence-corrected chi connectivity index (χ3v) is 7.93. The zero-order valence-electron chi connectivity index (χ0n) is 16.8. The van der Waals surface area contributed by atoms with Crippen molar-refractivity contribution in [2.45, 2.75) is 9.24 Å². The molecule has 0 aliphatic carbocycles. The molecule has 2 aromatic carbocycles. The number of methoxy groups -OCH3 is 1. The highest BCUT2D eigenvalue weighted by Gasteiger charge is 2.21. The molecule has 0 spiro atoms. The molecule has 1 N–H and O–H groups in total. The number of nitrogens with one attached hydrogen (secondary N) is 1. The highest BCUT2D eigenvalue weighted by molar-refractivity contribution is 8.01. The summed E-state index contributed by atoms with van der Waals surface area (Å²) in [5.41, 5.74) is 0.792. The first-order valence-electron chi connectivity index (χ1n) is 8.96. The predicted octanol–water partition coefficient (Wildman–Crippen LogP) is 3.90. The van der Waals surface area contributed by atoms with Gasteiger partial charge in [0.1, 0.15) is 5.75 Å². The van der Waals surface area contributed by atoms with Crippen LogP contribution in [0.4, 0.5) is 10.8 Å². The number of aromatic nitrogens is 2. The Bertz CT molecular complexity index is 1160. The molecular formula is C20H20N4O4S3. The lowest BCUT2D eigenvalue weighted by molar-refractivity contribution is 0.102. The second-order valence-electron chi connectivity index (χ2n) is 6.12. The van der Waals surface area contributed by atoms with Crippen LogP contribution in [0.15, 0.2) is 70.4 Å². The van der Waals surface area contributed by atoms with Crippen molar-refractivity contribution in [3.63, 3.8) is 0 Å². The van der Waals surface area contributed by atoms with Crippen LogP contribution in [0.3, 0.4) is 0 Å². The van der Waals surface area contributed by atoms with Crippen molar-refractivity contribution in [3.8, 4) is 5.75 Å². The number of rotatable bonds is 9. The molecule has 0 saturated carbocycles. The van der Waals surface area contributed by atoms with Crippen LogP contribution >= 0.6 is 23.1 Å². The molecule has 3 aromatic rings. The lowest BCUT2D eigenvalue weighted by Crippen LogP contribution is -2.26. The van der Waals surface area contributed by atoms with Crippen LogP contribution in [0.25, 0.3) is 0 Å². The third kappa shape index (κ3) is 5.43. The summed E-state index contributed by atoms with van der Waals surface area (Å²) in [5.74, 6) is 0.916. The van der Waals surface area contributed by atoms with Crippen molar-refractivity contribution >= 4 is 49.8 Å². The number of benzene rings is 2.